The standard InChI is InChI=1S/C23H11F15N2O2/c24-19(25,26)11-2-1-10(41-15-5-8(39)3-12(20(27,28)29)17(15)22(33,34)35)7-14(11)42-16-6-9(40)4-13(21(30,31)32)18(16)23(36,37)38/h1-7H,39-40H2. The number of alkyl halides is 15. The van der Waals surface area contributed by atoms with E-state index in [1.807, 2.05) is 0 Å². The quantitative estimate of drug-likeness (QED) is 0.222. The second-order valence-electron chi connectivity index (χ2n) is 8.23. The SMILES string of the molecule is Nc1cc(Oc2ccc(C(F)(F)F)c(Oc3cc(N)cc(C(F)(F)F)c3C(F)(F)F)c2)c(C(F)(F)F)c(C(F)(F)F)c1. The van der Waals surface area contributed by atoms with E-state index in [4.69, 9.17) is 16.2 Å². The lowest BCUT2D eigenvalue weighted by Crippen LogP contribution is -2.19. The molecule has 0 unspecified atom stereocenters. The Kier molecular flexibility index (Phi) is 7.90. The molecule has 0 radical (unpaired) electrons. The van der Waals surface area contributed by atoms with Gasteiger partial charge in [-0.05, 0) is 24.3 Å². The van der Waals surface area contributed by atoms with E-state index in [9.17, 15) is 65.9 Å². The van der Waals surface area contributed by atoms with Crippen LogP contribution < -0.4 is 20.9 Å². The molecule has 0 aromatic heterocycles. The number of hydrogen-bond donors (Lipinski definition) is 2. The Labute approximate surface area is 223 Å². The maximum absolute atomic E-state index is 13.6. The molecular formula is C23H11F15N2O2. The average Bonchev–Trinajstić information content (AvgIpc) is 2.74. The van der Waals surface area contributed by atoms with Gasteiger partial charge in [-0.25, -0.2) is 0 Å². The molecule has 4 N–H and O–H groups in total. The van der Waals surface area contributed by atoms with Crippen molar-refractivity contribution in [2.45, 2.75) is 30.9 Å². The first kappa shape index (κ1) is 32.3. The Bertz CT molecular complexity index is 1480. The third-order valence-corrected chi connectivity index (χ3v) is 5.13. The van der Waals surface area contributed by atoms with Crippen LogP contribution in [0.5, 0.6) is 23.0 Å². The van der Waals surface area contributed by atoms with Crippen LogP contribution in [0.2, 0.25) is 0 Å². The molecule has 3 aromatic rings. The zero-order valence-corrected chi connectivity index (χ0v) is 19.7. The molecule has 0 heterocycles. The van der Waals surface area contributed by atoms with Crippen molar-refractivity contribution in [3.05, 3.63) is 70.3 Å². The molecule has 0 saturated heterocycles. The highest BCUT2D eigenvalue weighted by Gasteiger charge is 2.48. The van der Waals surface area contributed by atoms with Gasteiger partial charge in [0.05, 0.1) is 16.7 Å². The van der Waals surface area contributed by atoms with E-state index in [1.54, 1.807) is 0 Å². The highest BCUT2D eigenvalue weighted by Crippen LogP contribution is 2.50. The molecule has 0 fully saturated rings. The highest BCUT2D eigenvalue weighted by molar-refractivity contribution is 5.59. The van der Waals surface area contributed by atoms with Crippen LogP contribution in [0.1, 0.15) is 27.8 Å². The summed E-state index contributed by atoms with van der Waals surface area (Å²) >= 11 is 0. The largest absolute Gasteiger partial charge is 0.456 e. The third kappa shape index (κ3) is 6.99. The fraction of sp³-hybridized carbons (Fsp3) is 0.217. The van der Waals surface area contributed by atoms with Gasteiger partial charge in [0, 0.05) is 29.6 Å². The summed E-state index contributed by atoms with van der Waals surface area (Å²) in [5, 5.41) is 0. The van der Waals surface area contributed by atoms with E-state index in [2.05, 4.69) is 4.74 Å². The number of hydrogen-bond acceptors (Lipinski definition) is 4. The minimum atomic E-state index is -5.89. The van der Waals surface area contributed by atoms with Gasteiger partial charge in [-0.1, -0.05) is 0 Å². The molecular weight excluding hydrogens is 621 g/mol. The van der Waals surface area contributed by atoms with Crippen LogP contribution in [0.3, 0.4) is 0 Å². The van der Waals surface area contributed by atoms with E-state index in [0.29, 0.717) is 0 Å². The normalized spacial score (nSPS) is 13.3. The molecule has 0 aliphatic carbocycles. The molecule has 0 bridgehead atoms. The molecule has 19 heteroatoms. The molecule has 230 valence electrons. The average molecular weight is 632 g/mol. The van der Waals surface area contributed by atoms with E-state index < -0.39 is 93.1 Å². The van der Waals surface area contributed by atoms with Gasteiger partial charge >= 0.3 is 30.9 Å². The van der Waals surface area contributed by atoms with Gasteiger partial charge < -0.3 is 20.9 Å². The maximum atomic E-state index is 13.6. The summed E-state index contributed by atoms with van der Waals surface area (Å²) in [6.45, 7) is 0. The Balaban J connectivity index is 2.27. The number of benzene rings is 3. The van der Waals surface area contributed by atoms with Crippen LogP contribution >= 0.6 is 0 Å². The minimum absolute atomic E-state index is 0.00393. The van der Waals surface area contributed by atoms with Crippen molar-refractivity contribution >= 4 is 11.4 Å². The zero-order chi connectivity index (χ0) is 32.2. The van der Waals surface area contributed by atoms with Crippen molar-refractivity contribution in [1.29, 1.82) is 0 Å². The fourth-order valence-electron chi connectivity index (χ4n) is 3.60. The van der Waals surface area contributed by atoms with Crippen molar-refractivity contribution < 1.29 is 75.3 Å². The Morgan fingerprint density at radius 3 is 1.14 bits per heavy atom. The lowest BCUT2D eigenvalue weighted by molar-refractivity contribution is -0.162. The highest BCUT2D eigenvalue weighted by atomic mass is 19.4. The van der Waals surface area contributed by atoms with Crippen molar-refractivity contribution in [2.24, 2.45) is 0 Å². The number of anilines is 2. The second-order valence-corrected chi connectivity index (χ2v) is 8.23. The lowest BCUT2D eigenvalue weighted by Gasteiger charge is -2.22. The Morgan fingerprint density at radius 1 is 0.405 bits per heavy atom. The summed E-state index contributed by atoms with van der Waals surface area (Å²) in [6, 6.07) is 0.295. The van der Waals surface area contributed by atoms with Gasteiger partial charge in [0.2, 0.25) is 0 Å². The van der Waals surface area contributed by atoms with Crippen LogP contribution in [0, 0.1) is 0 Å². The molecule has 42 heavy (non-hydrogen) atoms. The summed E-state index contributed by atoms with van der Waals surface area (Å²) in [5.41, 5.74) is -3.38. The molecule has 0 amide bonds. The summed E-state index contributed by atoms with van der Waals surface area (Å²) in [6.07, 6.45) is -28.6. The van der Waals surface area contributed by atoms with Crippen molar-refractivity contribution in [3.63, 3.8) is 0 Å². The Hall–Kier alpha value is -4.19. The van der Waals surface area contributed by atoms with E-state index in [1.165, 1.54) is 0 Å². The van der Waals surface area contributed by atoms with Crippen LogP contribution in [0.25, 0.3) is 0 Å². The summed E-state index contributed by atoms with van der Waals surface area (Å²) in [4.78, 5) is 0. The van der Waals surface area contributed by atoms with E-state index in [-0.39, 0.29) is 42.5 Å². The predicted octanol–water partition coefficient (Wildman–Crippen LogP) is 9.53. The summed E-state index contributed by atoms with van der Waals surface area (Å²) in [5.74, 6) is -6.48. The number of rotatable bonds is 4. The fourth-order valence-corrected chi connectivity index (χ4v) is 3.60. The molecule has 3 aromatic carbocycles. The Morgan fingerprint density at radius 2 is 0.786 bits per heavy atom. The lowest BCUT2D eigenvalue weighted by atomic mass is 10.0. The summed E-state index contributed by atoms with van der Waals surface area (Å²) < 4.78 is 212. The van der Waals surface area contributed by atoms with Crippen LogP contribution in [0.15, 0.2) is 42.5 Å². The first-order chi connectivity index (χ1) is 18.8. The number of ether oxygens (including phenoxy) is 2. The monoisotopic (exact) mass is 632 g/mol. The summed E-state index contributed by atoms with van der Waals surface area (Å²) in [7, 11) is 0. The van der Waals surface area contributed by atoms with E-state index in [0.717, 1.165) is 0 Å². The van der Waals surface area contributed by atoms with Crippen LogP contribution in [0.4, 0.5) is 77.2 Å². The van der Waals surface area contributed by atoms with Crippen molar-refractivity contribution in [2.75, 3.05) is 11.5 Å². The van der Waals surface area contributed by atoms with Gasteiger partial charge in [0.25, 0.3) is 0 Å². The number of halogens is 15. The molecule has 0 atom stereocenters. The van der Waals surface area contributed by atoms with Gasteiger partial charge in [-0.3, -0.25) is 0 Å². The number of nitrogens with two attached hydrogens (primary N) is 2. The van der Waals surface area contributed by atoms with Crippen molar-refractivity contribution in [1.82, 2.24) is 0 Å². The topological polar surface area (TPSA) is 70.5 Å². The van der Waals surface area contributed by atoms with Gasteiger partial charge in [0.15, 0.2) is 0 Å². The third-order valence-electron chi connectivity index (χ3n) is 5.13. The van der Waals surface area contributed by atoms with Crippen molar-refractivity contribution in [3.8, 4) is 23.0 Å². The second kappa shape index (κ2) is 10.3. The number of nitrogen functional groups attached to an aromatic ring is 2. The van der Waals surface area contributed by atoms with Gasteiger partial charge in [0.1, 0.15) is 34.1 Å². The van der Waals surface area contributed by atoms with Gasteiger partial charge in [-0.2, -0.15) is 65.9 Å². The first-order valence-electron chi connectivity index (χ1n) is 10.5. The van der Waals surface area contributed by atoms with E-state index >= 15 is 0 Å². The maximum Gasteiger partial charge on any atom is 0.420 e. The minimum Gasteiger partial charge on any atom is -0.456 e. The first-order valence-corrected chi connectivity index (χ1v) is 10.5. The van der Waals surface area contributed by atoms with Crippen LogP contribution in [-0.4, -0.2) is 0 Å². The van der Waals surface area contributed by atoms with Gasteiger partial charge in [-0.15, -0.1) is 0 Å². The molecule has 0 saturated carbocycles. The molecule has 0 aliphatic heterocycles. The predicted molar refractivity (Wildman–Crippen MR) is 113 cm³/mol. The molecule has 0 aliphatic rings. The smallest absolute Gasteiger partial charge is 0.420 e. The molecule has 3 rings (SSSR count). The van der Waals surface area contributed by atoms with Crippen LogP contribution in [-0.2, 0) is 30.9 Å². The zero-order valence-electron chi connectivity index (χ0n) is 19.7. The molecule has 0 spiro atoms. The molecule has 4 nitrogen and oxygen atoms in total.